The summed E-state index contributed by atoms with van der Waals surface area (Å²) in [7, 11) is 1.23. The van der Waals surface area contributed by atoms with Crippen LogP contribution in [0, 0.1) is 0 Å². The van der Waals surface area contributed by atoms with E-state index in [9.17, 15) is 19.5 Å². The first-order chi connectivity index (χ1) is 16.4. The number of fused-ring (bicyclic) bond motifs is 1. The number of aliphatic hydroxyl groups excluding tert-OH is 1. The molecular weight excluding hydrogens is 436 g/mol. The summed E-state index contributed by atoms with van der Waals surface area (Å²) in [5.74, 6) is -1.37. The van der Waals surface area contributed by atoms with Crippen LogP contribution < -0.4 is 10.6 Å². The van der Waals surface area contributed by atoms with Gasteiger partial charge < -0.3 is 25.2 Å². The summed E-state index contributed by atoms with van der Waals surface area (Å²) >= 11 is 0. The molecule has 8 heteroatoms. The number of ether oxygens (including phenoxy) is 2. The van der Waals surface area contributed by atoms with Gasteiger partial charge in [-0.05, 0) is 28.8 Å². The van der Waals surface area contributed by atoms with Crippen LogP contribution in [0.1, 0.15) is 18.1 Å². The van der Waals surface area contributed by atoms with Gasteiger partial charge in [0.1, 0.15) is 18.7 Å². The number of hydrogen-bond donors (Lipinski definition) is 3. The van der Waals surface area contributed by atoms with Gasteiger partial charge in [0.25, 0.3) is 0 Å². The monoisotopic (exact) mass is 464 g/mol. The molecule has 0 bridgehead atoms. The maximum atomic E-state index is 12.9. The zero-order valence-corrected chi connectivity index (χ0v) is 19.1. The van der Waals surface area contributed by atoms with E-state index < -0.39 is 36.2 Å². The Hall–Kier alpha value is -3.91. The molecule has 3 N–H and O–H groups in total. The molecule has 0 heterocycles. The molecule has 3 aromatic carbocycles. The lowest BCUT2D eigenvalue weighted by Gasteiger charge is -2.24. The number of alkyl carbamates (subject to hydrolysis) is 1. The average Bonchev–Trinajstić information content (AvgIpc) is 2.85. The van der Waals surface area contributed by atoms with Gasteiger partial charge in [-0.2, -0.15) is 0 Å². The summed E-state index contributed by atoms with van der Waals surface area (Å²) in [6.07, 6.45) is -1.92. The smallest absolute Gasteiger partial charge is 0.408 e. The van der Waals surface area contributed by atoms with Crippen molar-refractivity contribution < 1.29 is 29.0 Å². The molecule has 0 aromatic heterocycles. The normalized spacial score (nSPS) is 13.4. The molecule has 0 spiro atoms. The SMILES string of the molecule is COC(=O)[C@@H](Cc1ccc2ccccc2c1)NC(=O)[C@@H](NC(=O)OCc1ccccc1)[C@@H](C)O. The molecule has 0 aliphatic carbocycles. The number of aliphatic hydroxyl groups is 1. The van der Waals surface area contributed by atoms with Crippen molar-refractivity contribution in [2.45, 2.75) is 38.1 Å². The topological polar surface area (TPSA) is 114 Å². The van der Waals surface area contributed by atoms with E-state index in [0.29, 0.717) is 0 Å². The van der Waals surface area contributed by atoms with Gasteiger partial charge in [0, 0.05) is 6.42 Å². The molecule has 0 radical (unpaired) electrons. The largest absolute Gasteiger partial charge is 0.467 e. The van der Waals surface area contributed by atoms with Crippen LogP contribution in [0.15, 0.2) is 72.8 Å². The predicted octanol–water partition coefficient (Wildman–Crippen LogP) is 2.72. The van der Waals surface area contributed by atoms with Crippen LogP contribution in [0.5, 0.6) is 0 Å². The highest BCUT2D eigenvalue weighted by Gasteiger charge is 2.30. The Morgan fingerprint density at radius 2 is 1.56 bits per heavy atom. The van der Waals surface area contributed by atoms with Crippen LogP contribution >= 0.6 is 0 Å². The van der Waals surface area contributed by atoms with Crippen molar-refractivity contribution in [3.63, 3.8) is 0 Å². The highest BCUT2D eigenvalue weighted by molar-refractivity contribution is 5.90. The standard InChI is InChI=1S/C26H28N2O6/c1-17(29)23(28-26(32)34-16-18-8-4-3-5-9-18)24(30)27-22(25(31)33-2)15-19-12-13-20-10-6-7-11-21(20)14-19/h3-14,17,22-23,29H,15-16H2,1-2H3,(H,27,30)(H,28,32)/t17-,22-,23+/m1/s1. The quantitative estimate of drug-likeness (QED) is 0.420. The van der Waals surface area contributed by atoms with Gasteiger partial charge >= 0.3 is 12.1 Å². The van der Waals surface area contributed by atoms with Crippen LogP contribution in [-0.2, 0) is 32.1 Å². The Balaban J connectivity index is 1.66. The van der Waals surface area contributed by atoms with Crippen molar-refractivity contribution in [3.05, 3.63) is 83.9 Å². The van der Waals surface area contributed by atoms with Crippen LogP contribution in [0.25, 0.3) is 10.8 Å². The van der Waals surface area contributed by atoms with Crippen molar-refractivity contribution in [2.24, 2.45) is 0 Å². The van der Waals surface area contributed by atoms with Crippen molar-refractivity contribution in [1.82, 2.24) is 10.6 Å². The summed E-state index contributed by atoms with van der Waals surface area (Å²) < 4.78 is 9.99. The molecular formula is C26H28N2O6. The van der Waals surface area contributed by atoms with E-state index in [2.05, 4.69) is 10.6 Å². The highest BCUT2D eigenvalue weighted by atomic mass is 16.5. The molecule has 8 nitrogen and oxygen atoms in total. The number of rotatable bonds is 9. The predicted molar refractivity (Wildman–Crippen MR) is 127 cm³/mol. The van der Waals surface area contributed by atoms with E-state index >= 15 is 0 Å². The van der Waals surface area contributed by atoms with E-state index in [1.165, 1.54) is 14.0 Å². The van der Waals surface area contributed by atoms with Gasteiger partial charge in [0.2, 0.25) is 5.91 Å². The fourth-order valence-corrected chi connectivity index (χ4v) is 3.50. The molecule has 0 saturated carbocycles. The zero-order chi connectivity index (χ0) is 24.5. The first-order valence-electron chi connectivity index (χ1n) is 10.9. The fraction of sp³-hybridized carbons (Fsp3) is 0.269. The molecule has 0 unspecified atom stereocenters. The van der Waals surface area contributed by atoms with E-state index in [1.807, 2.05) is 60.7 Å². The summed E-state index contributed by atoms with van der Waals surface area (Å²) in [4.78, 5) is 37.5. The molecule has 0 fully saturated rings. The first kappa shape index (κ1) is 24.7. The lowest BCUT2D eigenvalue weighted by molar-refractivity contribution is -0.145. The minimum atomic E-state index is -1.33. The Kier molecular flexibility index (Phi) is 8.59. The van der Waals surface area contributed by atoms with Crippen molar-refractivity contribution in [2.75, 3.05) is 7.11 Å². The Labute approximate surface area is 197 Å². The van der Waals surface area contributed by atoms with Crippen LogP contribution in [0.3, 0.4) is 0 Å². The number of benzene rings is 3. The van der Waals surface area contributed by atoms with E-state index in [-0.39, 0.29) is 13.0 Å². The van der Waals surface area contributed by atoms with Gasteiger partial charge in [-0.15, -0.1) is 0 Å². The van der Waals surface area contributed by atoms with Crippen molar-refractivity contribution >= 4 is 28.7 Å². The molecule has 34 heavy (non-hydrogen) atoms. The molecule has 3 atom stereocenters. The molecule has 0 aliphatic rings. The number of carbonyl (C=O) groups is 3. The van der Waals surface area contributed by atoms with Gasteiger partial charge in [-0.1, -0.05) is 72.8 Å². The van der Waals surface area contributed by atoms with Gasteiger partial charge in [0.05, 0.1) is 13.2 Å². The maximum Gasteiger partial charge on any atom is 0.408 e. The zero-order valence-electron chi connectivity index (χ0n) is 19.1. The highest BCUT2D eigenvalue weighted by Crippen LogP contribution is 2.17. The van der Waals surface area contributed by atoms with Crippen molar-refractivity contribution in [3.8, 4) is 0 Å². The second-order valence-corrected chi connectivity index (χ2v) is 7.89. The van der Waals surface area contributed by atoms with Crippen LogP contribution in [0.4, 0.5) is 4.79 Å². The number of amides is 2. The third kappa shape index (κ3) is 6.79. The van der Waals surface area contributed by atoms with E-state index in [0.717, 1.165) is 21.9 Å². The molecule has 178 valence electrons. The Morgan fingerprint density at radius 3 is 2.24 bits per heavy atom. The third-order valence-corrected chi connectivity index (χ3v) is 5.31. The summed E-state index contributed by atoms with van der Waals surface area (Å²) in [6, 6.07) is 20.2. The third-order valence-electron chi connectivity index (χ3n) is 5.31. The summed E-state index contributed by atoms with van der Waals surface area (Å²) in [5, 5.41) is 17.1. The Bertz CT molecular complexity index is 1130. The van der Waals surface area contributed by atoms with Crippen molar-refractivity contribution in [1.29, 1.82) is 0 Å². The van der Waals surface area contributed by atoms with Crippen LogP contribution in [-0.4, -0.2) is 48.4 Å². The summed E-state index contributed by atoms with van der Waals surface area (Å²) in [5.41, 5.74) is 1.59. The number of nitrogens with one attached hydrogen (secondary N) is 2. The lowest BCUT2D eigenvalue weighted by atomic mass is 10.0. The van der Waals surface area contributed by atoms with E-state index in [4.69, 9.17) is 9.47 Å². The van der Waals surface area contributed by atoms with Gasteiger partial charge in [0.15, 0.2) is 0 Å². The van der Waals surface area contributed by atoms with E-state index in [1.54, 1.807) is 12.1 Å². The second-order valence-electron chi connectivity index (χ2n) is 7.89. The maximum absolute atomic E-state index is 12.9. The van der Waals surface area contributed by atoms with Gasteiger partial charge in [-0.3, -0.25) is 4.79 Å². The second kappa shape index (κ2) is 11.8. The first-order valence-corrected chi connectivity index (χ1v) is 10.9. The molecule has 0 saturated heterocycles. The van der Waals surface area contributed by atoms with Crippen LogP contribution in [0.2, 0.25) is 0 Å². The minimum absolute atomic E-state index is 0.00751. The summed E-state index contributed by atoms with van der Waals surface area (Å²) in [6.45, 7) is 1.37. The average molecular weight is 465 g/mol. The molecule has 0 aliphatic heterocycles. The van der Waals surface area contributed by atoms with Gasteiger partial charge in [-0.25, -0.2) is 9.59 Å². The number of methoxy groups -OCH3 is 1. The molecule has 3 aromatic rings. The molecule has 3 rings (SSSR count). The number of carbonyl (C=O) groups excluding carboxylic acids is 3. The number of esters is 1. The molecule has 2 amide bonds. The number of hydrogen-bond acceptors (Lipinski definition) is 6. The fourth-order valence-electron chi connectivity index (χ4n) is 3.50. The minimum Gasteiger partial charge on any atom is -0.467 e. The Morgan fingerprint density at radius 1 is 0.882 bits per heavy atom. The lowest BCUT2D eigenvalue weighted by Crippen LogP contribution is -2.56.